The number of benzene rings is 3. The number of hydrogen-bond donors (Lipinski definition) is 8. The largest absolute Gasteiger partial charge is 0.444 e. The molecule has 0 radical (unpaired) electrons. The van der Waals surface area contributed by atoms with Crippen molar-refractivity contribution in [2.75, 3.05) is 13.1 Å². The summed E-state index contributed by atoms with van der Waals surface area (Å²) in [6, 6.07) is 23.6. The zero-order valence-electron chi connectivity index (χ0n) is 31.5. The molecule has 0 saturated carbocycles. The molecule has 8 N–H and O–H groups in total. The number of aliphatic hydroxyl groups is 2. The zero-order chi connectivity index (χ0) is 38.6. The number of nitrogens with one attached hydrogen (secondary N) is 6. The smallest absolute Gasteiger partial charge is 0.407 e. The normalized spacial score (nSPS) is 14.7. The third-order valence-corrected chi connectivity index (χ3v) is 8.52. The highest BCUT2D eigenvalue weighted by molar-refractivity contribution is 5.88. The number of nitrogens with zero attached hydrogens (tertiary/aromatic N) is 1. The Labute approximate surface area is 311 Å². The molecule has 5 atom stereocenters. The van der Waals surface area contributed by atoms with Crippen molar-refractivity contribution < 1.29 is 29.3 Å². The van der Waals surface area contributed by atoms with Gasteiger partial charge in [-0.3, -0.25) is 4.79 Å². The first kappa shape index (κ1) is 40.8. The van der Waals surface area contributed by atoms with Crippen LogP contribution in [0.3, 0.4) is 0 Å². The number of carbonyl (C=O) groups excluding carboxylic acids is 3. The van der Waals surface area contributed by atoms with Crippen LogP contribution in [0.25, 0.3) is 11.0 Å². The highest BCUT2D eigenvalue weighted by atomic mass is 16.6. The van der Waals surface area contributed by atoms with Crippen molar-refractivity contribution in [1.82, 2.24) is 36.6 Å². The molecule has 53 heavy (non-hydrogen) atoms. The summed E-state index contributed by atoms with van der Waals surface area (Å²) in [5.41, 5.74) is 2.06. The van der Waals surface area contributed by atoms with E-state index in [2.05, 4.69) is 36.6 Å². The fourth-order valence-electron chi connectivity index (χ4n) is 5.80. The molecule has 0 saturated heterocycles. The summed E-state index contributed by atoms with van der Waals surface area (Å²) in [6.45, 7) is 11.0. The van der Waals surface area contributed by atoms with Gasteiger partial charge >= 0.3 is 12.1 Å². The molecule has 0 aliphatic carbocycles. The highest BCUT2D eigenvalue weighted by Gasteiger charge is 2.35. The van der Waals surface area contributed by atoms with Gasteiger partial charge in [-0.2, -0.15) is 0 Å². The predicted molar refractivity (Wildman–Crippen MR) is 205 cm³/mol. The van der Waals surface area contributed by atoms with E-state index in [-0.39, 0.29) is 19.6 Å². The second-order valence-corrected chi connectivity index (χ2v) is 15.4. The molecule has 13 nitrogen and oxygen atoms in total. The van der Waals surface area contributed by atoms with Crippen molar-refractivity contribution in [3.8, 4) is 0 Å². The van der Waals surface area contributed by atoms with Gasteiger partial charge in [0.15, 0.2) is 0 Å². The number of H-pyrrole nitrogens is 1. The van der Waals surface area contributed by atoms with Crippen LogP contribution in [0.4, 0.5) is 9.59 Å². The van der Waals surface area contributed by atoms with Crippen LogP contribution in [0, 0.1) is 5.41 Å². The molecule has 0 spiro atoms. The number of alkyl carbamates (subject to hydrolysis) is 1. The van der Waals surface area contributed by atoms with E-state index < -0.39 is 59.4 Å². The maximum absolute atomic E-state index is 13.9. The summed E-state index contributed by atoms with van der Waals surface area (Å²) in [5.74, 6) is 0.120. The van der Waals surface area contributed by atoms with Crippen LogP contribution in [-0.2, 0) is 28.9 Å². The molecule has 286 valence electrons. The average Bonchev–Trinajstić information content (AvgIpc) is 3.52. The van der Waals surface area contributed by atoms with Crippen molar-refractivity contribution in [1.29, 1.82) is 0 Å². The number of imidazole rings is 1. The lowest BCUT2D eigenvalue weighted by Gasteiger charge is -2.33. The molecule has 0 bridgehead atoms. The van der Waals surface area contributed by atoms with Crippen LogP contribution in [0.15, 0.2) is 84.9 Å². The number of fused-ring (bicyclic) bond motifs is 1. The topological polar surface area (TPSA) is 190 Å². The van der Waals surface area contributed by atoms with E-state index in [1.807, 2.05) is 106 Å². The maximum Gasteiger partial charge on any atom is 0.407 e. The molecule has 0 fully saturated rings. The van der Waals surface area contributed by atoms with E-state index in [4.69, 9.17) is 4.74 Å². The van der Waals surface area contributed by atoms with Crippen molar-refractivity contribution in [3.05, 3.63) is 102 Å². The minimum Gasteiger partial charge on any atom is -0.444 e. The molecule has 1 heterocycles. The number of carbonyl (C=O) groups is 3. The van der Waals surface area contributed by atoms with E-state index in [0.717, 1.165) is 22.2 Å². The molecule has 0 aliphatic heterocycles. The van der Waals surface area contributed by atoms with Gasteiger partial charge in [-0.25, -0.2) is 14.6 Å². The molecular formula is C40H55N7O6. The lowest BCUT2D eigenvalue weighted by Crippen LogP contribution is -2.59. The molecule has 0 aliphatic rings. The summed E-state index contributed by atoms with van der Waals surface area (Å²) in [4.78, 5) is 47.2. The first-order valence-electron chi connectivity index (χ1n) is 18.0. The average molecular weight is 730 g/mol. The second-order valence-electron chi connectivity index (χ2n) is 15.4. The molecule has 3 aromatic carbocycles. The van der Waals surface area contributed by atoms with Crippen LogP contribution in [0.2, 0.25) is 0 Å². The number of rotatable bonds is 16. The van der Waals surface area contributed by atoms with Crippen molar-refractivity contribution in [2.45, 2.75) is 96.9 Å². The molecule has 4 rings (SSSR count). The van der Waals surface area contributed by atoms with E-state index in [1.165, 1.54) is 0 Å². The number of ether oxygens (including phenoxy) is 1. The van der Waals surface area contributed by atoms with Crippen molar-refractivity contribution in [3.63, 3.8) is 0 Å². The monoisotopic (exact) mass is 729 g/mol. The molecular weight excluding hydrogens is 674 g/mol. The van der Waals surface area contributed by atoms with Gasteiger partial charge in [-0.1, -0.05) is 93.6 Å². The number of hydrogen-bond acceptors (Lipinski definition) is 8. The van der Waals surface area contributed by atoms with E-state index in [1.54, 1.807) is 20.8 Å². The van der Waals surface area contributed by atoms with Gasteiger partial charge in [-0.05, 0) is 62.3 Å². The number of aromatic amines is 1. The minimum atomic E-state index is -1.08. The molecule has 1 aromatic heterocycles. The minimum absolute atomic E-state index is 0.0188. The quantitative estimate of drug-likeness (QED) is 0.0851. The Balaban J connectivity index is 1.40. The van der Waals surface area contributed by atoms with Crippen LogP contribution < -0.4 is 26.6 Å². The number of amides is 4. The van der Waals surface area contributed by atoms with Crippen LogP contribution >= 0.6 is 0 Å². The number of urea groups is 1. The SMILES string of the molecule is CC(C)(C)OC(=O)N[C@@H](Cc1ccccc1)[C@H](O)CNC[C@@H](O)[C@H](Cc1ccccc1)NC(=O)[C@H](NC(=O)NCc1nc2ccccc2[nH]1)C(C)(C)C. The lowest BCUT2D eigenvalue weighted by atomic mass is 9.85. The van der Waals surface area contributed by atoms with Crippen LogP contribution in [0.1, 0.15) is 58.5 Å². The van der Waals surface area contributed by atoms with Gasteiger partial charge in [0.25, 0.3) is 0 Å². The number of aliphatic hydroxyl groups excluding tert-OH is 2. The Morgan fingerprint density at radius 2 is 1.26 bits per heavy atom. The van der Waals surface area contributed by atoms with E-state index in [0.29, 0.717) is 18.7 Å². The lowest BCUT2D eigenvalue weighted by molar-refractivity contribution is -0.126. The van der Waals surface area contributed by atoms with Gasteiger partial charge < -0.3 is 46.5 Å². The summed E-state index contributed by atoms with van der Waals surface area (Å²) in [7, 11) is 0. The standard InChI is InChI=1S/C40H55N7O6/c1-39(2,3)35(47-37(51)42-25-34-43-28-19-13-14-20-29(28)44-34)36(50)45-30(21-26-15-9-7-10-16-26)32(48)23-41-24-33(49)31(22-27-17-11-8-12-18-27)46-38(52)53-40(4,5)6/h7-20,30-33,35,41,48-49H,21-25H2,1-6H3,(H,43,44)(H,45,50)(H,46,52)(H2,42,47,51)/t30-,31-,32+,33+,35-/m0/s1. The van der Waals surface area contributed by atoms with Gasteiger partial charge in [0.1, 0.15) is 17.5 Å². The summed E-state index contributed by atoms with van der Waals surface area (Å²) in [5, 5.41) is 37.1. The molecule has 4 amide bonds. The Bertz CT molecular complexity index is 1720. The highest BCUT2D eigenvalue weighted by Crippen LogP contribution is 2.20. The Kier molecular flexibility index (Phi) is 14.4. The number of para-hydroxylation sites is 2. The third-order valence-electron chi connectivity index (χ3n) is 8.52. The van der Waals surface area contributed by atoms with Gasteiger partial charge in [-0.15, -0.1) is 0 Å². The third kappa shape index (κ3) is 13.5. The Hall–Kier alpha value is -4.98. The molecule has 4 aromatic rings. The van der Waals surface area contributed by atoms with Gasteiger partial charge in [0.2, 0.25) is 5.91 Å². The van der Waals surface area contributed by atoms with Crippen molar-refractivity contribution >= 4 is 29.1 Å². The van der Waals surface area contributed by atoms with E-state index in [9.17, 15) is 24.6 Å². The first-order chi connectivity index (χ1) is 25.1. The Morgan fingerprint density at radius 1 is 0.736 bits per heavy atom. The summed E-state index contributed by atoms with van der Waals surface area (Å²) in [6.07, 6.45) is -2.10. The fraction of sp³-hybridized carbons (Fsp3) is 0.450. The predicted octanol–water partition coefficient (Wildman–Crippen LogP) is 3.95. The molecule has 0 unspecified atom stereocenters. The summed E-state index contributed by atoms with van der Waals surface area (Å²) < 4.78 is 5.44. The first-order valence-corrected chi connectivity index (χ1v) is 18.0. The zero-order valence-corrected chi connectivity index (χ0v) is 31.5. The van der Waals surface area contributed by atoms with Crippen molar-refractivity contribution in [2.24, 2.45) is 5.41 Å². The number of aromatic nitrogens is 2. The maximum atomic E-state index is 13.9. The summed E-state index contributed by atoms with van der Waals surface area (Å²) >= 11 is 0. The van der Waals surface area contributed by atoms with E-state index >= 15 is 0 Å². The molecule has 13 heteroatoms. The Morgan fingerprint density at radius 3 is 1.79 bits per heavy atom. The fourth-order valence-corrected chi connectivity index (χ4v) is 5.80. The van der Waals surface area contributed by atoms with Crippen LogP contribution in [0.5, 0.6) is 0 Å². The second kappa shape index (κ2) is 18.7. The van der Waals surface area contributed by atoms with Crippen LogP contribution in [-0.4, -0.2) is 87.2 Å². The van der Waals surface area contributed by atoms with Gasteiger partial charge in [0, 0.05) is 13.1 Å². The van der Waals surface area contributed by atoms with Gasteiger partial charge in [0.05, 0.1) is 41.9 Å².